The molecule has 1 aliphatic rings. The summed E-state index contributed by atoms with van der Waals surface area (Å²) in [6.45, 7) is 2.60. The van der Waals surface area contributed by atoms with E-state index in [4.69, 9.17) is 28.9 Å². The molecule has 1 aromatic rings. The summed E-state index contributed by atoms with van der Waals surface area (Å²) in [7, 11) is 0. The molecule has 3 N–H and O–H groups in total. The highest BCUT2D eigenvalue weighted by molar-refractivity contribution is 6.35. The number of hydrogen-bond donors (Lipinski definition) is 2. The number of nitrogens with zero attached hydrogens (tertiary/aromatic N) is 1. The average Bonchev–Trinajstić information content (AvgIpc) is 2.41. The van der Waals surface area contributed by atoms with Crippen LogP contribution in [0.15, 0.2) is 18.2 Å². The number of carbonyl (C=O) groups is 1. The number of benzene rings is 1. The summed E-state index contributed by atoms with van der Waals surface area (Å²) in [5.74, 6) is -0.0617. The van der Waals surface area contributed by atoms with Crippen molar-refractivity contribution >= 4 is 34.8 Å². The van der Waals surface area contributed by atoms with Crippen LogP contribution in [-0.2, 0) is 4.79 Å². The molecule has 1 aromatic carbocycles. The number of nitrogens with two attached hydrogens (primary N) is 1. The molecule has 0 aromatic heterocycles. The quantitative estimate of drug-likeness (QED) is 0.898. The normalized spacial score (nSPS) is 19.9. The van der Waals surface area contributed by atoms with Crippen LogP contribution in [0.25, 0.3) is 0 Å². The van der Waals surface area contributed by atoms with Crippen molar-refractivity contribution in [1.29, 1.82) is 0 Å². The van der Waals surface area contributed by atoms with Crippen LogP contribution in [0.3, 0.4) is 0 Å². The van der Waals surface area contributed by atoms with Gasteiger partial charge in [0.1, 0.15) is 0 Å². The molecule has 2 rings (SSSR count). The lowest BCUT2D eigenvalue weighted by Gasteiger charge is -2.30. The molecule has 1 amide bonds. The maximum Gasteiger partial charge on any atom is 0.225 e. The van der Waals surface area contributed by atoms with Crippen molar-refractivity contribution in [2.24, 2.45) is 5.73 Å². The maximum atomic E-state index is 11.9. The van der Waals surface area contributed by atoms with Crippen molar-refractivity contribution in [3.05, 3.63) is 28.2 Å². The van der Waals surface area contributed by atoms with Gasteiger partial charge >= 0.3 is 0 Å². The number of nitrogens with one attached hydrogen (secondary N) is 1. The predicted octanol–water partition coefficient (Wildman–Crippen LogP) is 2.75. The minimum absolute atomic E-state index is 0.0617. The third-order valence-corrected chi connectivity index (χ3v) is 3.96. The van der Waals surface area contributed by atoms with Crippen molar-refractivity contribution in [2.45, 2.75) is 25.3 Å². The third kappa shape index (κ3) is 4.63. The monoisotopic (exact) mass is 315 g/mol. The van der Waals surface area contributed by atoms with Gasteiger partial charge in [0, 0.05) is 30.6 Å². The van der Waals surface area contributed by atoms with E-state index < -0.39 is 0 Å². The second kappa shape index (κ2) is 7.27. The Bertz CT molecular complexity index is 481. The van der Waals surface area contributed by atoms with Crippen LogP contribution in [-0.4, -0.2) is 36.5 Å². The standard InChI is InChI=1S/C14H19Cl2N3O/c15-10-3-4-12(16)13(8-10)18-14(20)5-7-19-6-1-2-11(17)9-19/h3-4,8,11H,1-2,5-7,9,17H2,(H,18,20). The number of hydrogen-bond acceptors (Lipinski definition) is 3. The lowest BCUT2D eigenvalue weighted by atomic mass is 10.1. The van der Waals surface area contributed by atoms with E-state index in [1.54, 1.807) is 18.2 Å². The van der Waals surface area contributed by atoms with Gasteiger partial charge in [0.15, 0.2) is 0 Å². The molecule has 0 aliphatic carbocycles. The van der Waals surface area contributed by atoms with Gasteiger partial charge in [0.25, 0.3) is 0 Å². The first-order valence-corrected chi connectivity index (χ1v) is 7.53. The number of halogens is 2. The van der Waals surface area contributed by atoms with Gasteiger partial charge in [-0.3, -0.25) is 4.79 Å². The van der Waals surface area contributed by atoms with Crippen LogP contribution >= 0.6 is 23.2 Å². The first-order valence-electron chi connectivity index (χ1n) is 6.77. The Labute approximate surface area is 129 Å². The number of likely N-dealkylation sites (tertiary alicyclic amines) is 1. The van der Waals surface area contributed by atoms with Crippen LogP contribution in [0.5, 0.6) is 0 Å². The fourth-order valence-corrected chi connectivity index (χ4v) is 2.70. The smallest absolute Gasteiger partial charge is 0.225 e. The zero-order chi connectivity index (χ0) is 14.5. The van der Waals surface area contributed by atoms with Gasteiger partial charge in [-0.25, -0.2) is 0 Å². The Hall–Kier alpha value is -0.810. The molecule has 1 saturated heterocycles. The molecule has 1 atom stereocenters. The summed E-state index contributed by atoms with van der Waals surface area (Å²) < 4.78 is 0. The fraction of sp³-hybridized carbons (Fsp3) is 0.500. The first-order chi connectivity index (χ1) is 9.54. The van der Waals surface area contributed by atoms with Crippen LogP contribution in [0.4, 0.5) is 5.69 Å². The Balaban J connectivity index is 1.82. The lowest BCUT2D eigenvalue weighted by molar-refractivity contribution is -0.116. The number of rotatable bonds is 4. The Morgan fingerprint density at radius 1 is 1.45 bits per heavy atom. The molecule has 1 unspecified atom stereocenters. The molecule has 1 aliphatic heterocycles. The SMILES string of the molecule is NC1CCCN(CCC(=O)Nc2cc(Cl)ccc2Cl)C1. The van der Waals surface area contributed by atoms with Gasteiger partial charge in [0.2, 0.25) is 5.91 Å². The van der Waals surface area contributed by atoms with Crippen molar-refractivity contribution in [1.82, 2.24) is 4.90 Å². The van der Waals surface area contributed by atoms with Gasteiger partial charge in [-0.05, 0) is 37.6 Å². The second-order valence-electron chi connectivity index (χ2n) is 5.13. The van der Waals surface area contributed by atoms with Gasteiger partial charge in [-0.1, -0.05) is 23.2 Å². The molecule has 20 heavy (non-hydrogen) atoms. The molecule has 4 nitrogen and oxygen atoms in total. The summed E-state index contributed by atoms with van der Waals surface area (Å²) in [4.78, 5) is 14.2. The molecule has 1 fully saturated rings. The molecule has 0 radical (unpaired) electrons. The number of amides is 1. The highest BCUT2D eigenvalue weighted by atomic mass is 35.5. The van der Waals surface area contributed by atoms with Crippen LogP contribution in [0.2, 0.25) is 10.0 Å². The summed E-state index contributed by atoms with van der Waals surface area (Å²) in [6.07, 6.45) is 2.60. The van der Waals surface area contributed by atoms with Gasteiger partial charge in [0.05, 0.1) is 10.7 Å². The van der Waals surface area contributed by atoms with Gasteiger partial charge in [-0.15, -0.1) is 0 Å². The van der Waals surface area contributed by atoms with Crippen molar-refractivity contribution in [3.8, 4) is 0 Å². The highest BCUT2D eigenvalue weighted by Gasteiger charge is 2.17. The summed E-state index contributed by atoms with van der Waals surface area (Å²) in [5.41, 5.74) is 6.47. The van der Waals surface area contributed by atoms with E-state index in [-0.39, 0.29) is 11.9 Å². The molecule has 6 heteroatoms. The predicted molar refractivity (Wildman–Crippen MR) is 83.4 cm³/mol. The largest absolute Gasteiger partial charge is 0.327 e. The Morgan fingerprint density at radius 3 is 3.00 bits per heavy atom. The molecule has 1 heterocycles. The number of carbonyl (C=O) groups excluding carboxylic acids is 1. The first kappa shape index (κ1) is 15.6. The fourth-order valence-electron chi connectivity index (χ4n) is 2.36. The van der Waals surface area contributed by atoms with E-state index in [1.807, 2.05) is 0 Å². The lowest BCUT2D eigenvalue weighted by Crippen LogP contribution is -2.43. The highest BCUT2D eigenvalue weighted by Crippen LogP contribution is 2.25. The summed E-state index contributed by atoms with van der Waals surface area (Å²) >= 11 is 11.9. The van der Waals surface area contributed by atoms with Gasteiger partial charge in [-0.2, -0.15) is 0 Å². The van der Waals surface area contributed by atoms with E-state index >= 15 is 0 Å². The molecule has 0 spiro atoms. The van der Waals surface area contributed by atoms with Crippen molar-refractivity contribution in [3.63, 3.8) is 0 Å². The topological polar surface area (TPSA) is 58.4 Å². The average molecular weight is 316 g/mol. The van der Waals surface area contributed by atoms with Crippen LogP contribution in [0, 0.1) is 0 Å². The molecule has 0 bridgehead atoms. The van der Waals surface area contributed by atoms with Crippen LogP contribution < -0.4 is 11.1 Å². The van der Waals surface area contributed by atoms with Crippen LogP contribution in [0.1, 0.15) is 19.3 Å². The zero-order valence-electron chi connectivity index (χ0n) is 11.2. The van der Waals surface area contributed by atoms with E-state index in [0.29, 0.717) is 22.2 Å². The zero-order valence-corrected chi connectivity index (χ0v) is 12.8. The molecule has 0 saturated carbocycles. The summed E-state index contributed by atoms with van der Waals surface area (Å²) in [6, 6.07) is 5.24. The number of anilines is 1. The van der Waals surface area contributed by atoms with Crippen molar-refractivity contribution < 1.29 is 4.79 Å². The minimum Gasteiger partial charge on any atom is -0.327 e. The molecular formula is C14H19Cl2N3O. The van der Waals surface area contributed by atoms with E-state index in [2.05, 4.69) is 10.2 Å². The van der Waals surface area contributed by atoms with E-state index in [9.17, 15) is 4.79 Å². The molecular weight excluding hydrogens is 297 g/mol. The second-order valence-corrected chi connectivity index (χ2v) is 5.97. The Kier molecular flexibility index (Phi) is 5.66. The molecule has 110 valence electrons. The third-order valence-electron chi connectivity index (χ3n) is 3.40. The minimum atomic E-state index is -0.0617. The Morgan fingerprint density at radius 2 is 2.25 bits per heavy atom. The summed E-state index contributed by atoms with van der Waals surface area (Å²) in [5, 5.41) is 3.83. The van der Waals surface area contributed by atoms with Gasteiger partial charge < -0.3 is 16.0 Å². The number of piperidine rings is 1. The van der Waals surface area contributed by atoms with Crippen molar-refractivity contribution in [2.75, 3.05) is 25.0 Å². The van der Waals surface area contributed by atoms with E-state index in [0.717, 1.165) is 32.5 Å². The van der Waals surface area contributed by atoms with E-state index in [1.165, 1.54) is 0 Å². The maximum absolute atomic E-state index is 11.9.